The minimum atomic E-state index is -0.978. The van der Waals surface area contributed by atoms with Crippen LogP contribution in [0.3, 0.4) is 0 Å². The van der Waals surface area contributed by atoms with Crippen LogP contribution in [-0.2, 0) is 16.1 Å². The van der Waals surface area contributed by atoms with Gasteiger partial charge in [-0.05, 0) is 17.1 Å². The van der Waals surface area contributed by atoms with Crippen LogP contribution in [0.1, 0.15) is 12.5 Å². The summed E-state index contributed by atoms with van der Waals surface area (Å²) < 4.78 is 0. The topological polar surface area (TPSA) is 66.5 Å². The zero-order valence-corrected chi connectivity index (χ0v) is 13.3. The normalized spacial score (nSPS) is 23.8. The molecule has 4 amide bonds. The molecule has 1 heterocycles. The van der Waals surface area contributed by atoms with Crippen molar-refractivity contribution < 1.29 is 14.4 Å². The second kappa shape index (κ2) is 6.66. The van der Waals surface area contributed by atoms with Crippen molar-refractivity contribution in [2.75, 3.05) is 0 Å². The van der Waals surface area contributed by atoms with Gasteiger partial charge in [0.1, 0.15) is 5.92 Å². The van der Waals surface area contributed by atoms with Gasteiger partial charge in [-0.2, -0.15) is 0 Å². The third-order valence-corrected chi connectivity index (χ3v) is 4.20. The zero-order valence-electron chi connectivity index (χ0n) is 13.3. The molecule has 24 heavy (non-hydrogen) atoms. The first-order chi connectivity index (χ1) is 11.6. The van der Waals surface area contributed by atoms with Gasteiger partial charge in [-0.15, -0.1) is 0 Å². The van der Waals surface area contributed by atoms with Gasteiger partial charge in [-0.3, -0.25) is 19.8 Å². The number of allylic oxidation sites excluding steroid dienone is 5. The molecule has 0 spiro atoms. The Balaban J connectivity index is 1.90. The van der Waals surface area contributed by atoms with Crippen molar-refractivity contribution in [3.63, 3.8) is 0 Å². The smallest absolute Gasteiger partial charge is 0.277 e. The average molecular weight is 322 g/mol. The number of nitrogens with one attached hydrogen (secondary N) is 1. The zero-order chi connectivity index (χ0) is 17.1. The van der Waals surface area contributed by atoms with E-state index < -0.39 is 23.8 Å². The fraction of sp³-hybridized carbons (Fsp3) is 0.211. The largest absolute Gasteiger partial charge is 0.331 e. The number of carbonyl (C=O) groups excluding carboxylic acids is 3. The number of amides is 4. The summed E-state index contributed by atoms with van der Waals surface area (Å²) in [4.78, 5) is 38.4. The Morgan fingerprint density at radius 2 is 1.79 bits per heavy atom. The Labute approximate surface area is 140 Å². The fourth-order valence-electron chi connectivity index (χ4n) is 2.91. The summed E-state index contributed by atoms with van der Waals surface area (Å²) in [5.74, 6) is -2.08. The predicted molar refractivity (Wildman–Crippen MR) is 89.5 cm³/mol. The third kappa shape index (κ3) is 3.06. The highest BCUT2D eigenvalue weighted by Gasteiger charge is 2.43. The van der Waals surface area contributed by atoms with Crippen molar-refractivity contribution in [2.24, 2.45) is 11.8 Å². The van der Waals surface area contributed by atoms with Crippen LogP contribution in [-0.4, -0.2) is 22.7 Å². The lowest BCUT2D eigenvalue weighted by Crippen LogP contribution is -2.58. The maximum Gasteiger partial charge on any atom is 0.331 e. The molecule has 3 rings (SSSR count). The summed E-state index contributed by atoms with van der Waals surface area (Å²) >= 11 is 0. The lowest BCUT2D eigenvalue weighted by Gasteiger charge is -2.32. The van der Waals surface area contributed by atoms with Crippen molar-refractivity contribution in [3.05, 3.63) is 71.8 Å². The van der Waals surface area contributed by atoms with Gasteiger partial charge < -0.3 is 0 Å². The van der Waals surface area contributed by atoms with Gasteiger partial charge in [0, 0.05) is 0 Å². The maximum absolute atomic E-state index is 12.9. The van der Waals surface area contributed by atoms with E-state index in [4.69, 9.17) is 0 Å². The molecule has 2 atom stereocenters. The van der Waals surface area contributed by atoms with Gasteiger partial charge in [-0.1, -0.05) is 67.6 Å². The number of benzene rings is 1. The second-order valence-corrected chi connectivity index (χ2v) is 5.86. The summed E-state index contributed by atoms with van der Waals surface area (Å²) in [5, 5.41) is 2.31. The molecule has 1 aromatic rings. The van der Waals surface area contributed by atoms with Crippen LogP contribution in [0.2, 0.25) is 0 Å². The van der Waals surface area contributed by atoms with Crippen molar-refractivity contribution in [3.8, 4) is 0 Å². The number of carbonyl (C=O) groups is 3. The minimum Gasteiger partial charge on any atom is -0.277 e. The van der Waals surface area contributed by atoms with E-state index in [-0.39, 0.29) is 12.5 Å². The Hall–Kier alpha value is -2.95. The van der Waals surface area contributed by atoms with E-state index in [2.05, 4.69) is 5.32 Å². The van der Waals surface area contributed by atoms with Crippen LogP contribution < -0.4 is 5.32 Å². The lowest BCUT2D eigenvalue weighted by atomic mass is 9.86. The van der Waals surface area contributed by atoms with E-state index in [0.717, 1.165) is 10.5 Å². The second-order valence-electron chi connectivity index (χ2n) is 5.86. The summed E-state index contributed by atoms with van der Waals surface area (Å²) in [7, 11) is 0. The van der Waals surface area contributed by atoms with Crippen LogP contribution >= 0.6 is 0 Å². The van der Waals surface area contributed by atoms with E-state index in [1.165, 1.54) is 0 Å². The number of hydrogen-bond donors (Lipinski definition) is 1. The molecule has 1 fully saturated rings. The highest BCUT2D eigenvalue weighted by Crippen LogP contribution is 2.28. The number of rotatable bonds is 3. The monoisotopic (exact) mass is 322 g/mol. The van der Waals surface area contributed by atoms with E-state index in [1.807, 2.05) is 55.5 Å². The average Bonchev–Trinajstić information content (AvgIpc) is 2.77. The van der Waals surface area contributed by atoms with Gasteiger partial charge in [0.25, 0.3) is 0 Å². The standard InChI is InChI=1S/C19H18N2O3/c1-13-8-4-2-7-11-15(13)16-17(22)20-19(24)21(18(16)23)12-14-9-5-3-6-10-14/h2-11,13,16H,12H2,1H3,(H,20,22,24)/t13-,16?/m1/s1. The molecular formula is C19H18N2O3. The van der Waals surface area contributed by atoms with Crippen LogP contribution in [0.15, 0.2) is 66.3 Å². The molecule has 5 nitrogen and oxygen atoms in total. The Kier molecular flexibility index (Phi) is 4.42. The maximum atomic E-state index is 12.9. The van der Waals surface area contributed by atoms with E-state index >= 15 is 0 Å². The van der Waals surface area contributed by atoms with Gasteiger partial charge in [-0.25, -0.2) is 4.79 Å². The summed E-state index contributed by atoms with van der Waals surface area (Å²) in [6.45, 7) is 2.07. The number of imide groups is 2. The first-order valence-electron chi connectivity index (χ1n) is 7.83. The van der Waals surface area contributed by atoms with Crippen molar-refractivity contribution in [1.82, 2.24) is 10.2 Å². The molecule has 0 bridgehead atoms. The molecule has 1 aromatic carbocycles. The third-order valence-electron chi connectivity index (χ3n) is 4.20. The molecule has 1 aliphatic heterocycles. The minimum absolute atomic E-state index is 0.0634. The van der Waals surface area contributed by atoms with E-state index in [0.29, 0.717) is 5.57 Å². The Morgan fingerprint density at radius 1 is 1.04 bits per heavy atom. The van der Waals surface area contributed by atoms with Gasteiger partial charge in [0.15, 0.2) is 0 Å². The summed E-state index contributed by atoms with van der Waals surface area (Å²) in [6.07, 6.45) is 9.24. The molecular weight excluding hydrogens is 304 g/mol. The summed E-state index contributed by atoms with van der Waals surface area (Å²) in [6, 6.07) is 8.56. The molecule has 0 aromatic heterocycles. The summed E-state index contributed by atoms with van der Waals surface area (Å²) in [5.41, 5.74) is 1.52. The molecule has 2 aliphatic rings. The molecule has 1 aliphatic carbocycles. The van der Waals surface area contributed by atoms with Crippen LogP contribution in [0.25, 0.3) is 0 Å². The SMILES string of the molecule is C[C@@H]1C=CC=CC=C1C1C(=O)NC(=O)N(Cc2ccccc2)C1=O. The van der Waals surface area contributed by atoms with E-state index in [1.54, 1.807) is 12.2 Å². The van der Waals surface area contributed by atoms with E-state index in [9.17, 15) is 14.4 Å². The van der Waals surface area contributed by atoms with Crippen molar-refractivity contribution >= 4 is 17.8 Å². The predicted octanol–water partition coefficient (Wildman–Crippen LogP) is 2.57. The Bertz CT molecular complexity index is 762. The van der Waals surface area contributed by atoms with Crippen molar-refractivity contribution in [1.29, 1.82) is 0 Å². The van der Waals surface area contributed by atoms with Gasteiger partial charge in [0.2, 0.25) is 11.8 Å². The van der Waals surface area contributed by atoms with Crippen LogP contribution in [0, 0.1) is 11.8 Å². The highest BCUT2D eigenvalue weighted by atomic mass is 16.2. The van der Waals surface area contributed by atoms with Crippen molar-refractivity contribution in [2.45, 2.75) is 13.5 Å². The molecule has 0 saturated carbocycles. The van der Waals surface area contributed by atoms with Crippen LogP contribution in [0.5, 0.6) is 0 Å². The molecule has 1 saturated heterocycles. The molecule has 1 N–H and O–H groups in total. The van der Waals surface area contributed by atoms with Gasteiger partial charge >= 0.3 is 6.03 Å². The first-order valence-corrected chi connectivity index (χ1v) is 7.83. The van der Waals surface area contributed by atoms with Crippen LogP contribution in [0.4, 0.5) is 4.79 Å². The molecule has 122 valence electrons. The van der Waals surface area contributed by atoms with Gasteiger partial charge in [0.05, 0.1) is 6.54 Å². The highest BCUT2D eigenvalue weighted by molar-refractivity contribution is 6.17. The quantitative estimate of drug-likeness (QED) is 0.870. The fourth-order valence-corrected chi connectivity index (χ4v) is 2.91. The number of nitrogens with zero attached hydrogens (tertiary/aromatic N) is 1. The lowest BCUT2D eigenvalue weighted by molar-refractivity contribution is -0.141. The number of hydrogen-bond acceptors (Lipinski definition) is 3. The Morgan fingerprint density at radius 3 is 2.54 bits per heavy atom. The number of urea groups is 1. The molecule has 0 radical (unpaired) electrons. The first kappa shape index (κ1) is 15.9. The molecule has 1 unspecified atom stereocenters. The number of barbiturate groups is 1. The molecule has 5 heteroatoms.